The third kappa shape index (κ3) is 1.71. The highest BCUT2D eigenvalue weighted by Gasteiger charge is 2.19. The van der Waals surface area contributed by atoms with Crippen molar-refractivity contribution in [3.8, 4) is 5.75 Å². The van der Waals surface area contributed by atoms with E-state index >= 15 is 0 Å². The maximum absolute atomic E-state index is 12.1. The number of pyridine rings is 1. The molecule has 2 N–H and O–H groups in total. The second kappa shape index (κ2) is 3.34. The number of hydrogen-bond donors (Lipinski definition) is 2. The number of alkyl halides is 2. The molecule has 0 aliphatic heterocycles. The molecule has 0 spiro atoms. The maximum Gasteiger partial charge on any atom is 0.358 e. The van der Waals surface area contributed by atoms with Gasteiger partial charge in [-0.25, -0.2) is 18.6 Å². The molecule has 6 heteroatoms. The lowest BCUT2D eigenvalue weighted by Gasteiger charge is -2.03. The zero-order valence-electron chi connectivity index (χ0n) is 6.24. The average Bonchev–Trinajstić information content (AvgIpc) is 2.03. The standard InChI is InChI=1S/C7H5F2NO3/c8-6(9)3-1-2-10-4(5(3)11)7(12)13/h1-2,6,11H,(H,12,13). The molecule has 0 aliphatic carbocycles. The van der Waals surface area contributed by atoms with Crippen LogP contribution in [0, 0.1) is 0 Å². The number of aromatic carboxylic acids is 1. The maximum atomic E-state index is 12.1. The van der Waals surface area contributed by atoms with Crippen molar-refractivity contribution in [2.75, 3.05) is 0 Å². The van der Waals surface area contributed by atoms with Crippen LogP contribution >= 0.6 is 0 Å². The summed E-state index contributed by atoms with van der Waals surface area (Å²) < 4.78 is 24.2. The minimum absolute atomic E-state index is 0.729. The molecule has 4 nitrogen and oxygen atoms in total. The smallest absolute Gasteiger partial charge is 0.358 e. The van der Waals surface area contributed by atoms with Gasteiger partial charge in [-0.1, -0.05) is 0 Å². The van der Waals surface area contributed by atoms with Crippen LogP contribution in [0.15, 0.2) is 12.3 Å². The lowest BCUT2D eigenvalue weighted by Crippen LogP contribution is -2.02. The van der Waals surface area contributed by atoms with Gasteiger partial charge in [0, 0.05) is 6.20 Å². The summed E-state index contributed by atoms with van der Waals surface area (Å²) in [6, 6.07) is 0.867. The lowest BCUT2D eigenvalue weighted by molar-refractivity contribution is 0.0685. The second-order valence-corrected chi connectivity index (χ2v) is 2.20. The van der Waals surface area contributed by atoms with Crippen LogP contribution in [0.1, 0.15) is 22.5 Å². The topological polar surface area (TPSA) is 70.4 Å². The highest BCUT2D eigenvalue weighted by molar-refractivity contribution is 5.88. The number of halogens is 2. The zero-order chi connectivity index (χ0) is 10.0. The summed E-state index contributed by atoms with van der Waals surface area (Å²) >= 11 is 0. The molecule has 0 fully saturated rings. The number of rotatable bonds is 2. The van der Waals surface area contributed by atoms with Crippen molar-refractivity contribution in [1.82, 2.24) is 4.98 Å². The quantitative estimate of drug-likeness (QED) is 0.738. The molecular weight excluding hydrogens is 184 g/mol. The van der Waals surface area contributed by atoms with Gasteiger partial charge in [-0.3, -0.25) is 0 Å². The molecule has 0 atom stereocenters. The summed E-state index contributed by atoms with van der Waals surface area (Å²) in [5.41, 5.74) is -1.50. The summed E-state index contributed by atoms with van der Waals surface area (Å²) in [5.74, 6) is -2.52. The van der Waals surface area contributed by atoms with Crippen molar-refractivity contribution >= 4 is 5.97 Å². The number of aromatic hydroxyl groups is 1. The van der Waals surface area contributed by atoms with E-state index in [0.717, 1.165) is 12.3 Å². The molecule has 0 bridgehead atoms. The van der Waals surface area contributed by atoms with Crippen LogP contribution in [0.2, 0.25) is 0 Å². The molecule has 1 aromatic heterocycles. The third-order valence-corrected chi connectivity index (χ3v) is 1.39. The fraction of sp³-hybridized carbons (Fsp3) is 0.143. The Balaban J connectivity index is 3.26. The fourth-order valence-corrected chi connectivity index (χ4v) is 0.801. The number of carboxylic acids is 1. The normalized spacial score (nSPS) is 10.4. The van der Waals surface area contributed by atoms with E-state index < -0.39 is 29.4 Å². The second-order valence-electron chi connectivity index (χ2n) is 2.20. The van der Waals surface area contributed by atoms with Crippen LogP contribution in [-0.2, 0) is 0 Å². The average molecular weight is 189 g/mol. The molecule has 70 valence electrons. The molecular formula is C7H5F2NO3. The van der Waals surface area contributed by atoms with Crippen molar-refractivity contribution in [3.63, 3.8) is 0 Å². The van der Waals surface area contributed by atoms with Crippen LogP contribution in [0.3, 0.4) is 0 Å². The van der Waals surface area contributed by atoms with Crippen LogP contribution in [0.5, 0.6) is 5.75 Å². The molecule has 0 unspecified atom stereocenters. The summed E-state index contributed by atoms with van der Waals surface area (Å²) in [4.78, 5) is 13.6. The first-order valence-electron chi connectivity index (χ1n) is 3.23. The van der Waals surface area contributed by atoms with Crippen molar-refractivity contribution in [2.24, 2.45) is 0 Å². The lowest BCUT2D eigenvalue weighted by atomic mass is 10.2. The Kier molecular flexibility index (Phi) is 2.41. The van der Waals surface area contributed by atoms with Gasteiger partial charge in [-0.15, -0.1) is 0 Å². The van der Waals surface area contributed by atoms with E-state index in [4.69, 9.17) is 10.2 Å². The molecule has 1 rings (SSSR count). The van der Waals surface area contributed by atoms with Crippen LogP contribution < -0.4 is 0 Å². The van der Waals surface area contributed by atoms with Crippen molar-refractivity contribution in [3.05, 3.63) is 23.5 Å². The molecule has 0 saturated carbocycles. The Hall–Kier alpha value is -1.72. The van der Waals surface area contributed by atoms with Gasteiger partial charge in [0.15, 0.2) is 11.4 Å². The van der Waals surface area contributed by atoms with E-state index in [1.54, 1.807) is 0 Å². The van der Waals surface area contributed by atoms with Crippen LogP contribution in [-0.4, -0.2) is 21.2 Å². The molecule has 0 saturated heterocycles. The van der Waals surface area contributed by atoms with E-state index in [-0.39, 0.29) is 0 Å². The van der Waals surface area contributed by atoms with Gasteiger partial charge in [-0.2, -0.15) is 0 Å². The van der Waals surface area contributed by atoms with Gasteiger partial charge in [0.25, 0.3) is 6.43 Å². The predicted octanol–water partition coefficient (Wildman–Crippen LogP) is 1.42. The van der Waals surface area contributed by atoms with E-state index in [9.17, 15) is 13.6 Å². The summed E-state index contributed by atoms with van der Waals surface area (Å²) in [6.07, 6.45) is -2.01. The highest BCUT2D eigenvalue weighted by atomic mass is 19.3. The van der Waals surface area contributed by atoms with Crippen molar-refractivity contribution in [2.45, 2.75) is 6.43 Å². The number of carboxylic acid groups (broad SMARTS) is 1. The Morgan fingerprint density at radius 3 is 2.62 bits per heavy atom. The Morgan fingerprint density at radius 2 is 2.15 bits per heavy atom. The van der Waals surface area contributed by atoms with E-state index in [0.29, 0.717) is 0 Å². The van der Waals surface area contributed by atoms with Crippen LogP contribution in [0.25, 0.3) is 0 Å². The summed E-state index contributed by atoms with van der Waals surface area (Å²) in [5, 5.41) is 17.4. The van der Waals surface area contributed by atoms with E-state index in [1.165, 1.54) is 0 Å². The van der Waals surface area contributed by atoms with Gasteiger partial charge < -0.3 is 10.2 Å². The Labute approximate surface area is 71.5 Å². The van der Waals surface area contributed by atoms with Gasteiger partial charge >= 0.3 is 5.97 Å². The largest absolute Gasteiger partial charge is 0.505 e. The minimum atomic E-state index is -2.92. The predicted molar refractivity (Wildman–Crippen MR) is 37.8 cm³/mol. The Bertz CT molecular complexity index is 341. The first-order chi connectivity index (χ1) is 6.04. The number of nitrogens with zero attached hydrogens (tertiary/aromatic N) is 1. The van der Waals surface area contributed by atoms with Gasteiger partial charge in [0.1, 0.15) is 0 Å². The molecule has 1 heterocycles. The highest BCUT2D eigenvalue weighted by Crippen LogP contribution is 2.29. The fourth-order valence-electron chi connectivity index (χ4n) is 0.801. The SMILES string of the molecule is O=C(O)c1nccc(C(F)F)c1O. The summed E-state index contributed by atoms with van der Waals surface area (Å²) in [7, 11) is 0. The van der Waals surface area contributed by atoms with Gasteiger partial charge in [-0.05, 0) is 6.07 Å². The van der Waals surface area contributed by atoms with Gasteiger partial charge in [0.2, 0.25) is 0 Å². The Morgan fingerprint density at radius 1 is 1.54 bits per heavy atom. The van der Waals surface area contributed by atoms with E-state index in [2.05, 4.69) is 4.98 Å². The van der Waals surface area contributed by atoms with Crippen molar-refractivity contribution < 1.29 is 23.8 Å². The van der Waals surface area contributed by atoms with Crippen LogP contribution in [0.4, 0.5) is 8.78 Å². The number of carbonyl (C=O) groups is 1. The third-order valence-electron chi connectivity index (χ3n) is 1.39. The monoisotopic (exact) mass is 189 g/mol. The number of hydrogen-bond acceptors (Lipinski definition) is 3. The summed E-state index contributed by atoms with van der Waals surface area (Å²) in [6.45, 7) is 0. The molecule has 0 aliphatic rings. The molecule has 0 radical (unpaired) electrons. The van der Waals surface area contributed by atoms with Gasteiger partial charge in [0.05, 0.1) is 5.56 Å². The molecule has 13 heavy (non-hydrogen) atoms. The van der Waals surface area contributed by atoms with E-state index in [1.807, 2.05) is 0 Å². The minimum Gasteiger partial charge on any atom is -0.505 e. The first-order valence-corrected chi connectivity index (χ1v) is 3.23. The first kappa shape index (κ1) is 9.37. The molecule has 1 aromatic rings. The molecule has 0 amide bonds. The molecule has 0 aromatic carbocycles. The zero-order valence-corrected chi connectivity index (χ0v) is 6.24. The van der Waals surface area contributed by atoms with Crippen molar-refractivity contribution in [1.29, 1.82) is 0 Å². The number of aromatic nitrogens is 1.